The SMILES string of the molecule is COC(=O)C(C)Nc1c(N)cnc2ccc(Br)cc12. The van der Waals surface area contributed by atoms with Gasteiger partial charge in [0.25, 0.3) is 0 Å². The van der Waals surface area contributed by atoms with Crippen molar-refractivity contribution in [1.82, 2.24) is 4.98 Å². The van der Waals surface area contributed by atoms with Gasteiger partial charge in [0.05, 0.1) is 30.2 Å². The minimum absolute atomic E-state index is 0.348. The average molecular weight is 324 g/mol. The number of hydrogen-bond donors (Lipinski definition) is 2. The van der Waals surface area contributed by atoms with Crippen molar-refractivity contribution in [1.29, 1.82) is 0 Å². The molecule has 1 aromatic carbocycles. The molecule has 3 N–H and O–H groups in total. The zero-order chi connectivity index (χ0) is 14.0. The third-order valence-electron chi connectivity index (χ3n) is 2.77. The summed E-state index contributed by atoms with van der Waals surface area (Å²) in [6.07, 6.45) is 1.57. The maximum absolute atomic E-state index is 11.5. The van der Waals surface area contributed by atoms with Gasteiger partial charge in [0.2, 0.25) is 0 Å². The van der Waals surface area contributed by atoms with Gasteiger partial charge in [-0.25, -0.2) is 4.79 Å². The molecular weight excluding hydrogens is 310 g/mol. The van der Waals surface area contributed by atoms with Gasteiger partial charge in [0.15, 0.2) is 0 Å². The van der Waals surface area contributed by atoms with Crippen molar-refractivity contribution in [3.8, 4) is 0 Å². The molecule has 0 aliphatic carbocycles. The number of methoxy groups -OCH3 is 1. The molecule has 2 rings (SSSR count). The first-order valence-corrected chi connectivity index (χ1v) is 6.50. The summed E-state index contributed by atoms with van der Waals surface area (Å²) in [5.41, 5.74) is 7.91. The van der Waals surface area contributed by atoms with Gasteiger partial charge in [0, 0.05) is 9.86 Å². The molecule has 0 saturated heterocycles. The van der Waals surface area contributed by atoms with E-state index in [1.807, 2.05) is 18.2 Å². The van der Waals surface area contributed by atoms with Gasteiger partial charge in [-0.2, -0.15) is 0 Å². The molecule has 1 unspecified atom stereocenters. The zero-order valence-corrected chi connectivity index (χ0v) is 12.2. The molecular formula is C13H14BrN3O2. The maximum Gasteiger partial charge on any atom is 0.327 e. The number of halogens is 1. The summed E-state index contributed by atoms with van der Waals surface area (Å²) in [6, 6.07) is 5.20. The number of benzene rings is 1. The van der Waals surface area contributed by atoms with E-state index in [-0.39, 0.29) is 5.97 Å². The number of carbonyl (C=O) groups excluding carboxylic acids is 1. The second kappa shape index (κ2) is 5.44. The van der Waals surface area contributed by atoms with Gasteiger partial charge in [-0.05, 0) is 25.1 Å². The summed E-state index contributed by atoms with van der Waals surface area (Å²) in [7, 11) is 1.35. The molecule has 5 nitrogen and oxygen atoms in total. The number of hydrogen-bond acceptors (Lipinski definition) is 5. The molecule has 1 heterocycles. The van der Waals surface area contributed by atoms with Gasteiger partial charge >= 0.3 is 5.97 Å². The highest BCUT2D eigenvalue weighted by atomic mass is 79.9. The van der Waals surface area contributed by atoms with Crippen LogP contribution in [0.15, 0.2) is 28.9 Å². The first-order chi connectivity index (χ1) is 9.02. The van der Waals surface area contributed by atoms with Crippen molar-refractivity contribution in [2.24, 2.45) is 0 Å². The van der Waals surface area contributed by atoms with Crippen LogP contribution in [0.5, 0.6) is 0 Å². The lowest BCUT2D eigenvalue weighted by atomic mass is 10.1. The average Bonchev–Trinajstić information content (AvgIpc) is 2.41. The highest BCUT2D eigenvalue weighted by molar-refractivity contribution is 9.10. The summed E-state index contributed by atoms with van der Waals surface area (Å²) in [6.45, 7) is 1.72. The smallest absolute Gasteiger partial charge is 0.327 e. The normalized spacial score (nSPS) is 12.2. The minimum atomic E-state index is -0.489. The number of rotatable bonds is 3. The summed E-state index contributed by atoms with van der Waals surface area (Å²) in [5.74, 6) is -0.348. The standard InChI is InChI=1S/C13H14BrN3O2/c1-7(13(18)19-2)17-12-9-5-8(14)3-4-11(9)16-6-10(12)15/h3-7H,15H2,1-2H3,(H,16,17). The van der Waals surface area contributed by atoms with E-state index in [9.17, 15) is 4.79 Å². The van der Waals surface area contributed by atoms with Crippen LogP contribution < -0.4 is 11.1 Å². The van der Waals surface area contributed by atoms with Gasteiger partial charge in [-0.3, -0.25) is 4.98 Å². The van der Waals surface area contributed by atoms with E-state index in [1.54, 1.807) is 13.1 Å². The van der Waals surface area contributed by atoms with Crippen LogP contribution in [-0.4, -0.2) is 24.1 Å². The number of nitrogens with two attached hydrogens (primary N) is 1. The fourth-order valence-corrected chi connectivity index (χ4v) is 2.15. The van der Waals surface area contributed by atoms with Crippen molar-refractivity contribution in [3.63, 3.8) is 0 Å². The van der Waals surface area contributed by atoms with Crippen LogP contribution in [0.3, 0.4) is 0 Å². The van der Waals surface area contributed by atoms with Crippen LogP contribution in [0.1, 0.15) is 6.92 Å². The monoisotopic (exact) mass is 323 g/mol. The summed E-state index contributed by atoms with van der Waals surface area (Å²) in [5, 5.41) is 3.92. The Bertz CT molecular complexity index is 625. The largest absolute Gasteiger partial charge is 0.467 e. The van der Waals surface area contributed by atoms with E-state index in [0.717, 1.165) is 15.4 Å². The van der Waals surface area contributed by atoms with Gasteiger partial charge in [0.1, 0.15) is 6.04 Å². The van der Waals surface area contributed by atoms with E-state index in [2.05, 4.69) is 26.2 Å². The number of nitrogens with zero attached hydrogens (tertiary/aromatic N) is 1. The maximum atomic E-state index is 11.5. The van der Waals surface area contributed by atoms with Crippen LogP contribution in [0.25, 0.3) is 10.9 Å². The third kappa shape index (κ3) is 2.78. The molecule has 0 saturated carbocycles. The molecule has 2 aromatic rings. The number of ether oxygens (including phenoxy) is 1. The number of carbonyl (C=O) groups is 1. The molecule has 100 valence electrons. The van der Waals surface area contributed by atoms with E-state index < -0.39 is 6.04 Å². The highest BCUT2D eigenvalue weighted by Crippen LogP contribution is 2.30. The van der Waals surface area contributed by atoms with Crippen molar-refractivity contribution < 1.29 is 9.53 Å². The zero-order valence-electron chi connectivity index (χ0n) is 10.6. The number of nitrogens with one attached hydrogen (secondary N) is 1. The molecule has 1 aromatic heterocycles. The fourth-order valence-electron chi connectivity index (χ4n) is 1.79. The molecule has 0 spiro atoms. The van der Waals surface area contributed by atoms with Gasteiger partial charge in [-0.15, -0.1) is 0 Å². The second-order valence-corrected chi connectivity index (χ2v) is 5.05. The Morgan fingerprint density at radius 2 is 2.26 bits per heavy atom. The van der Waals surface area contributed by atoms with E-state index in [4.69, 9.17) is 10.5 Å². The summed E-state index contributed by atoms with van der Waals surface area (Å²) in [4.78, 5) is 15.7. The Kier molecular flexibility index (Phi) is 3.90. The number of pyridine rings is 1. The minimum Gasteiger partial charge on any atom is -0.467 e. The molecule has 19 heavy (non-hydrogen) atoms. The molecule has 1 atom stereocenters. The van der Waals surface area contributed by atoms with Crippen molar-refractivity contribution in [2.45, 2.75) is 13.0 Å². The third-order valence-corrected chi connectivity index (χ3v) is 3.27. The number of nitrogen functional groups attached to an aromatic ring is 1. The summed E-state index contributed by atoms with van der Waals surface area (Å²) < 4.78 is 5.61. The molecule has 6 heteroatoms. The molecule has 0 fully saturated rings. The van der Waals surface area contributed by atoms with Crippen molar-refractivity contribution in [2.75, 3.05) is 18.2 Å². The Balaban J connectivity index is 2.49. The van der Waals surface area contributed by atoms with Crippen LogP contribution in [0, 0.1) is 0 Å². The first-order valence-electron chi connectivity index (χ1n) is 5.71. The Morgan fingerprint density at radius 3 is 2.95 bits per heavy atom. The Hall–Kier alpha value is -1.82. The van der Waals surface area contributed by atoms with Gasteiger partial charge < -0.3 is 15.8 Å². The molecule has 0 amide bonds. The fraction of sp³-hybridized carbons (Fsp3) is 0.231. The topological polar surface area (TPSA) is 77.2 Å². The molecule has 0 aliphatic heterocycles. The van der Waals surface area contributed by atoms with E-state index in [1.165, 1.54) is 7.11 Å². The lowest BCUT2D eigenvalue weighted by molar-refractivity contribution is -0.141. The van der Waals surface area contributed by atoms with Crippen LogP contribution in [0.2, 0.25) is 0 Å². The number of esters is 1. The number of aromatic nitrogens is 1. The molecule has 0 radical (unpaired) electrons. The second-order valence-electron chi connectivity index (χ2n) is 4.14. The summed E-state index contributed by atoms with van der Waals surface area (Å²) >= 11 is 3.41. The van der Waals surface area contributed by atoms with E-state index >= 15 is 0 Å². The predicted octanol–water partition coefficient (Wildman–Crippen LogP) is 2.55. The van der Waals surface area contributed by atoms with Crippen LogP contribution >= 0.6 is 15.9 Å². The molecule has 0 aliphatic rings. The van der Waals surface area contributed by atoms with Crippen LogP contribution in [-0.2, 0) is 9.53 Å². The van der Waals surface area contributed by atoms with Crippen molar-refractivity contribution >= 4 is 44.2 Å². The first kappa shape index (κ1) is 13.6. The Labute approximate surface area is 119 Å². The lowest BCUT2D eigenvalue weighted by Gasteiger charge is -2.16. The van der Waals surface area contributed by atoms with Crippen molar-refractivity contribution in [3.05, 3.63) is 28.9 Å². The predicted molar refractivity (Wildman–Crippen MR) is 79.0 cm³/mol. The van der Waals surface area contributed by atoms with E-state index in [0.29, 0.717) is 11.4 Å². The quantitative estimate of drug-likeness (QED) is 0.849. The lowest BCUT2D eigenvalue weighted by Crippen LogP contribution is -2.27. The van der Waals surface area contributed by atoms with Gasteiger partial charge in [-0.1, -0.05) is 15.9 Å². The van der Waals surface area contributed by atoms with Crippen LogP contribution in [0.4, 0.5) is 11.4 Å². The number of anilines is 2. The molecule has 0 bridgehead atoms. The number of fused-ring (bicyclic) bond motifs is 1. The highest BCUT2D eigenvalue weighted by Gasteiger charge is 2.16. The Morgan fingerprint density at radius 1 is 1.53 bits per heavy atom.